The van der Waals surface area contributed by atoms with Crippen molar-refractivity contribution in [2.24, 2.45) is 0 Å². The molecule has 1 amide bonds. The zero-order chi connectivity index (χ0) is 15.6. The summed E-state index contributed by atoms with van der Waals surface area (Å²) in [5.74, 6) is 0.366. The number of amides is 1. The summed E-state index contributed by atoms with van der Waals surface area (Å²) < 4.78 is 2.01. The van der Waals surface area contributed by atoms with Crippen LogP contribution < -0.4 is 0 Å². The van der Waals surface area contributed by atoms with Gasteiger partial charge in [0.15, 0.2) is 0 Å². The molecular formula is C19H23N3O. The number of fused-ring (bicyclic) bond motifs is 1. The molecule has 0 radical (unpaired) electrons. The van der Waals surface area contributed by atoms with Crippen LogP contribution in [0.5, 0.6) is 0 Å². The first-order valence-electron chi connectivity index (χ1n) is 8.68. The molecule has 0 unspecified atom stereocenters. The smallest absolute Gasteiger partial charge is 0.230 e. The van der Waals surface area contributed by atoms with Gasteiger partial charge in [-0.25, -0.2) is 0 Å². The third-order valence-electron chi connectivity index (χ3n) is 5.27. The zero-order valence-corrected chi connectivity index (χ0v) is 13.4. The lowest BCUT2D eigenvalue weighted by Crippen LogP contribution is -2.43. The number of rotatable bonds is 2. The molecule has 2 aromatic rings. The summed E-state index contributed by atoms with van der Waals surface area (Å²) in [7, 11) is 0. The van der Waals surface area contributed by atoms with Crippen molar-refractivity contribution in [3.63, 3.8) is 0 Å². The normalized spacial score (nSPS) is 24.3. The molecule has 1 aromatic carbocycles. The Morgan fingerprint density at radius 3 is 2.91 bits per heavy atom. The summed E-state index contributed by atoms with van der Waals surface area (Å²) in [6.07, 6.45) is 9.20. The van der Waals surface area contributed by atoms with Crippen LogP contribution in [0.2, 0.25) is 0 Å². The fraction of sp³-hybridized carbons (Fsp3) is 0.474. The van der Waals surface area contributed by atoms with Crippen molar-refractivity contribution in [1.29, 1.82) is 0 Å². The number of hydrogen-bond acceptors (Lipinski definition) is 2. The zero-order valence-electron chi connectivity index (χ0n) is 13.4. The summed E-state index contributed by atoms with van der Waals surface area (Å²) >= 11 is 0. The highest BCUT2D eigenvalue weighted by molar-refractivity contribution is 5.84. The maximum atomic E-state index is 13.1. The Morgan fingerprint density at radius 1 is 1.13 bits per heavy atom. The third kappa shape index (κ3) is 2.78. The first-order chi connectivity index (χ1) is 11.3. The maximum absolute atomic E-state index is 13.1. The predicted molar refractivity (Wildman–Crippen MR) is 89.2 cm³/mol. The third-order valence-corrected chi connectivity index (χ3v) is 5.27. The first kappa shape index (κ1) is 14.5. The van der Waals surface area contributed by atoms with Crippen LogP contribution in [0.3, 0.4) is 0 Å². The van der Waals surface area contributed by atoms with Crippen LogP contribution in [-0.2, 0) is 11.2 Å². The van der Waals surface area contributed by atoms with Gasteiger partial charge in [-0.15, -0.1) is 0 Å². The second kappa shape index (κ2) is 6.19. The number of hydrogen-bond donors (Lipinski definition) is 0. The standard InChI is InChI=1S/C19H23N3O/c23-19(18-10-3-7-15-6-1-2-9-17(15)18)21-12-4-8-16(14-21)22-13-5-11-20-22/h1-2,5-6,9,11,13,16,18H,3-4,7-8,10,12,14H2/t16-,18+/m1/s1. The van der Waals surface area contributed by atoms with E-state index in [0.29, 0.717) is 11.9 Å². The van der Waals surface area contributed by atoms with Crippen molar-refractivity contribution in [1.82, 2.24) is 14.7 Å². The Bertz CT molecular complexity index is 680. The van der Waals surface area contributed by atoms with Crippen molar-refractivity contribution >= 4 is 5.91 Å². The molecule has 120 valence electrons. The summed E-state index contributed by atoms with van der Waals surface area (Å²) in [6.45, 7) is 1.68. The molecule has 4 rings (SSSR count). The van der Waals surface area contributed by atoms with Crippen molar-refractivity contribution < 1.29 is 4.79 Å². The molecule has 0 saturated carbocycles. The van der Waals surface area contributed by atoms with Crippen LogP contribution >= 0.6 is 0 Å². The number of nitrogens with zero attached hydrogens (tertiary/aromatic N) is 3. The molecule has 0 spiro atoms. The number of piperidine rings is 1. The second-order valence-electron chi connectivity index (χ2n) is 6.71. The quantitative estimate of drug-likeness (QED) is 0.854. The second-order valence-corrected chi connectivity index (χ2v) is 6.71. The molecule has 1 aliphatic heterocycles. The van der Waals surface area contributed by atoms with Gasteiger partial charge < -0.3 is 4.90 Å². The van der Waals surface area contributed by atoms with Crippen LogP contribution in [-0.4, -0.2) is 33.7 Å². The lowest BCUT2D eigenvalue weighted by molar-refractivity contribution is -0.134. The van der Waals surface area contributed by atoms with Crippen LogP contribution in [0.4, 0.5) is 0 Å². The van der Waals surface area contributed by atoms with E-state index >= 15 is 0 Å². The molecule has 1 saturated heterocycles. The van der Waals surface area contributed by atoms with Gasteiger partial charge in [-0.3, -0.25) is 9.48 Å². The van der Waals surface area contributed by atoms with E-state index in [2.05, 4.69) is 34.3 Å². The van der Waals surface area contributed by atoms with Gasteiger partial charge in [0.05, 0.1) is 12.0 Å². The largest absolute Gasteiger partial charge is 0.340 e. The van der Waals surface area contributed by atoms with Crippen LogP contribution in [0.15, 0.2) is 42.7 Å². The van der Waals surface area contributed by atoms with Gasteiger partial charge in [-0.2, -0.15) is 5.10 Å². The monoisotopic (exact) mass is 309 g/mol. The Kier molecular flexibility index (Phi) is 3.90. The molecular weight excluding hydrogens is 286 g/mol. The minimum absolute atomic E-state index is 0.0521. The Hall–Kier alpha value is -2.10. The average Bonchev–Trinajstić information content (AvgIpc) is 3.15. The number of aryl methyl sites for hydroxylation is 1. The van der Waals surface area contributed by atoms with Crippen LogP contribution in [0, 0.1) is 0 Å². The van der Waals surface area contributed by atoms with Gasteiger partial charge in [0.1, 0.15) is 0 Å². The average molecular weight is 309 g/mol. The molecule has 1 fully saturated rings. The highest BCUT2D eigenvalue weighted by Gasteiger charge is 2.32. The molecule has 2 atom stereocenters. The van der Waals surface area contributed by atoms with Gasteiger partial charge in [0, 0.05) is 25.5 Å². The molecule has 4 heteroatoms. The molecule has 1 aliphatic carbocycles. The number of likely N-dealkylation sites (tertiary alicyclic amines) is 1. The summed E-state index contributed by atoms with van der Waals surface area (Å²) in [4.78, 5) is 15.2. The van der Waals surface area contributed by atoms with E-state index in [0.717, 1.165) is 45.2 Å². The molecule has 0 N–H and O–H groups in total. The fourth-order valence-corrected chi connectivity index (χ4v) is 4.10. The van der Waals surface area contributed by atoms with E-state index in [-0.39, 0.29) is 5.92 Å². The minimum Gasteiger partial charge on any atom is -0.340 e. The van der Waals surface area contributed by atoms with Crippen molar-refractivity contribution in [3.05, 3.63) is 53.9 Å². The molecule has 0 bridgehead atoms. The Morgan fingerprint density at radius 2 is 2.04 bits per heavy atom. The number of carbonyl (C=O) groups is 1. The SMILES string of the molecule is O=C([C@H]1CCCc2ccccc21)N1CCC[C@@H](n2cccn2)C1. The summed E-state index contributed by atoms with van der Waals surface area (Å²) in [5, 5.41) is 4.36. The van der Waals surface area contributed by atoms with Gasteiger partial charge in [0.25, 0.3) is 0 Å². The summed E-state index contributed by atoms with van der Waals surface area (Å²) in [5.41, 5.74) is 2.61. The van der Waals surface area contributed by atoms with Crippen LogP contribution in [0.25, 0.3) is 0 Å². The van der Waals surface area contributed by atoms with E-state index in [4.69, 9.17) is 0 Å². The fourth-order valence-electron chi connectivity index (χ4n) is 4.10. The van der Waals surface area contributed by atoms with Gasteiger partial charge in [-0.1, -0.05) is 24.3 Å². The van der Waals surface area contributed by atoms with Crippen molar-refractivity contribution in [2.45, 2.75) is 44.1 Å². The molecule has 4 nitrogen and oxygen atoms in total. The maximum Gasteiger partial charge on any atom is 0.230 e. The highest BCUT2D eigenvalue weighted by Crippen LogP contribution is 2.34. The Labute approximate surface area is 137 Å². The van der Waals surface area contributed by atoms with E-state index < -0.39 is 0 Å². The van der Waals surface area contributed by atoms with Gasteiger partial charge in [0.2, 0.25) is 5.91 Å². The van der Waals surface area contributed by atoms with E-state index in [1.165, 1.54) is 11.1 Å². The molecule has 2 heterocycles. The van der Waals surface area contributed by atoms with E-state index in [1.54, 1.807) is 0 Å². The lowest BCUT2D eigenvalue weighted by atomic mass is 9.82. The number of benzene rings is 1. The lowest BCUT2D eigenvalue weighted by Gasteiger charge is -2.36. The van der Waals surface area contributed by atoms with Gasteiger partial charge >= 0.3 is 0 Å². The summed E-state index contributed by atoms with van der Waals surface area (Å²) in [6, 6.07) is 10.7. The molecule has 23 heavy (non-hydrogen) atoms. The predicted octanol–water partition coefficient (Wildman–Crippen LogP) is 3.17. The van der Waals surface area contributed by atoms with E-state index in [1.807, 2.05) is 23.1 Å². The van der Waals surface area contributed by atoms with Gasteiger partial charge in [-0.05, 0) is 49.3 Å². The van der Waals surface area contributed by atoms with Crippen LogP contribution in [0.1, 0.15) is 48.8 Å². The molecule has 2 aliphatic rings. The molecule has 1 aromatic heterocycles. The topological polar surface area (TPSA) is 38.1 Å². The number of aromatic nitrogens is 2. The highest BCUT2D eigenvalue weighted by atomic mass is 16.2. The minimum atomic E-state index is 0.0521. The van der Waals surface area contributed by atoms with Crippen molar-refractivity contribution in [3.8, 4) is 0 Å². The van der Waals surface area contributed by atoms with E-state index in [9.17, 15) is 4.79 Å². The first-order valence-corrected chi connectivity index (χ1v) is 8.68. The number of carbonyl (C=O) groups excluding carboxylic acids is 1. The van der Waals surface area contributed by atoms with Crippen molar-refractivity contribution in [2.75, 3.05) is 13.1 Å². The Balaban J connectivity index is 1.53.